The Morgan fingerprint density at radius 3 is 1.88 bits per heavy atom. The smallest absolute Gasteiger partial charge is 0.250 e. The van der Waals surface area contributed by atoms with E-state index in [1.807, 2.05) is 0 Å². The number of aromatic nitrogens is 3. The van der Waals surface area contributed by atoms with E-state index in [0.29, 0.717) is 0 Å². The van der Waals surface area contributed by atoms with Gasteiger partial charge >= 0.3 is 0 Å². The fourth-order valence-corrected chi connectivity index (χ4v) is 2.18. The molecule has 0 saturated carbocycles. The van der Waals surface area contributed by atoms with Crippen molar-refractivity contribution in [2.24, 2.45) is 0 Å². The standard InChI is InChI=1S/C14H9Cl6N3O/c1-7-6-8(2-4-9(7)24)3-5-10-21-11(13(15,16)17)23-12(22-10)14(18,19)20/h2-6,24H,1H3. The number of aromatic hydroxyl groups is 1. The number of benzene rings is 1. The number of hydrogen-bond acceptors (Lipinski definition) is 4. The van der Waals surface area contributed by atoms with Crippen molar-refractivity contribution in [1.29, 1.82) is 0 Å². The minimum absolute atomic E-state index is 0.151. The average Bonchev–Trinajstić information content (AvgIpc) is 2.46. The van der Waals surface area contributed by atoms with Gasteiger partial charge in [0.25, 0.3) is 0 Å². The molecule has 1 aromatic heterocycles. The summed E-state index contributed by atoms with van der Waals surface area (Å²) in [4.78, 5) is 12.0. The monoisotopic (exact) mass is 445 g/mol. The minimum Gasteiger partial charge on any atom is -0.508 e. The fourth-order valence-electron chi connectivity index (χ4n) is 1.67. The highest BCUT2D eigenvalue weighted by Crippen LogP contribution is 2.40. The van der Waals surface area contributed by atoms with Crippen LogP contribution in [0, 0.1) is 6.92 Å². The molecule has 0 saturated heterocycles. The summed E-state index contributed by atoms with van der Waals surface area (Å²) in [6.45, 7) is 1.78. The van der Waals surface area contributed by atoms with Gasteiger partial charge in [0.2, 0.25) is 7.59 Å². The van der Waals surface area contributed by atoms with E-state index in [1.165, 1.54) is 0 Å². The Balaban J connectivity index is 2.45. The molecule has 0 radical (unpaired) electrons. The molecule has 0 fully saturated rings. The molecular weight excluding hydrogens is 439 g/mol. The highest BCUT2D eigenvalue weighted by Gasteiger charge is 2.33. The molecule has 1 aromatic carbocycles. The quantitative estimate of drug-likeness (QED) is 0.599. The van der Waals surface area contributed by atoms with E-state index in [-0.39, 0.29) is 23.2 Å². The summed E-state index contributed by atoms with van der Waals surface area (Å²) in [5.41, 5.74) is 1.52. The molecule has 0 spiro atoms. The summed E-state index contributed by atoms with van der Waals surface area (Å²) in [7, 11) is 0. The van der Waals surface area contributed by atoms with Crippen molar-refractivity contribution in [2.45, 2.75) is 14.5 Å². The maximum Gasteiger partial charge on any atom is 0.250 e. The van der Waals surface area contributed by atoms with E-state index >= 15 is 0 Å². The van der Waals surface area contributed by atoms with Crippen molar-refractivity contribution in [3.63, 3.8) is 0 Å². The van der Waals surface area contributed by atoms with Gasteiger partial charge in [-0.25, -0.2) is 15.0 Å². The SMILES string of the molecule is Cc1cc(C=Cc2nc(C(Cl)(Cl)Cl)nc(C(Cl)(Cl)Cl)n2)ccc1O. The molecule has 10 heteroatoms. The highest BCUT2D eigenvalue weighted by atomic mass is 35.6. The third kappa shape index (κ3) is 5.25. The van der Waals surface area contributed by atoms with Crippen molar-refractivity contribution >= 4 is 81.8 Å². The number of aryl methyl sites for hydroxylation is 1. The zero-order valence-electron chi connectivity index (χ0n) is 11.9. The Kier molecular flexibility index (Phi) is 6.12. The molecule has 0 aliphatic rings. The summed E-state index contributed by atoms with van der Waals surface area (Å²) in [6.07, 6.45) is 3.25. The first kappa shape index (κ1) is 19.8. The summed E-state index contributed by atoms with van der Waals surface area (Å²) in [5, 5.41) is 9.54. The molecule has 2 aromatic rings. The molecule has 0 unspecified atom stereocenters. The van der Waals surface area contributed by atoms with Crippen LogP contribution in [0.5, 0.6) is 5.75 Å². The molecule has 0 atom stereocenters. The lowest BCUT2D eigenvalue weighted by Gasteiger charge is -2.14. The van der Waals surface area contributed by atoms with Gasteiger partial charge in [-0.1, -0.05) is 81.7 Å². The van der Waals surface area contributed by atoms with Crippen LogP contribution in [0.1, 0.15) is 28.6 Å². The van der Waals surface area contributed by atoms with Crippen LogP contribution in [0.15, 0.2) is 18.2 Å². The normalized spacial score (nSPS) is 12.8. The van der Waals surface area contributed by atoms with Gasteiger partial charge < -0.3 is 5.11 Å². The van der Waals surface area contributed by atoms with Crippen LogP contribution in [-0.2, 0) is 7.59 Å². The maximum atomic E-state index is 9.54. The molecule has 1 heterocycles. The van der Waals surface area contributed by atoms with Crippen LogP contribution < -0.4 is 0 Å². The lowest BCUT2D eigenvalue weighted by atomic mass is 10.1. The van der Waals surface area contributed by atoms with E-state index in [2.05, 4.69) is 15.0 Å². The Morgan fingerprint density at radius 2 is 1.42 bits per heavy atom. The first-order valence-corrected chi connectivity index (χ1v) is 8.62. The molecule has 0 aliphatic heterocycles. The first-order chi connectivity index (χ1) is 11.0. The Hall–Kier alpha value is -0.490. The van der Waals surface area contributed by atoms with Gasteiger partial charge in [-0.2, -0.15) is 0 Å². The van der Waals surface area contributed by atoms with Gasteiger partial charge in [0.05, 0.1) is 0 Å². The van der Waals surface area contributed by atoms with E-state index in [1.54, 1.807) is 37.3 Å². The molecule has 4 nitrogen and oxygen atoms in total. The second kappa shape index (κ2) is 7.40. The zero-order valence-corrected chi connectivity index (χ0v) is 16.5. The number of nitrogens with zero attached hydrogens (tertiary/aromatic N) is 3. The van der Waals surface area contributed by atoms with Crippen LogP contribution >= 0.6 is 69.6 Å². The second-order valence-corrected chi connectivity index (χ2v) is 9.28. The second-order valence-electron chi connectivity index (χ2n) is 4.72. The summed E-state index contributed by atoms with van der Waals surface area (Å²) in [5.74, 6) is 0.0263. The number of alkyl halides is 6. The van der Waals surface area contributed by atoms with Gasteiger partial charge in [0.1, 0.15) is 5.75 Å². The zero-order chi connectivity index (χ0) is 18.1. The van der Waals surface area contributed by atoms with Crippen LogP contribution in [0.3, 0.4) is 0 Å². The highest BCUT2D eigenvalue weighted by molar-refractivity contribution is 6.67. The van der Waals surface area contributed by atoms with Crippen LogP contribution in [0.2, 0.25) is 0 Å². The van der Waals surface area contributed by atoms with Crippen LogP contribution in [0.4, 0.5) is 0 Å². The van der Waals surface area contributed by atoms with Gasteiger partial charge in [0.15, 0.2) is 17.5 Å². The van der Waals surface area contributed by atoms with E-state index < -0.39 is 7.59 Å². The van der Waals surface area contributed by atoms with Crippen molar-refractivity contribution < 1.29 is 5.11 Å². The molecule has 24 heavy (non-hydrogen) atoms. The van der Waals surface area contributed by atoms with Crippen molar-refractivity contribution in [2.75, 3.05) is 0 Å². The molecule has 128 valence electrons. The van der Waals surface area contributed by atoms with Crippen molar-refractivity contribution in [3.05, 3.63) is 46.8 Å². The topological polar surface area (TPSA) is 58.9 Å². The molecule has 0 amide bonds. The van der Waals surface area contributed by atoms with Crippen molar-refractivity contribution in [1.82, 2.24) is 15.0 Å². The van der Waals surface area contributed by atoms with Gasteiger partial charge in [-0.15, -0.1) is 0 Å². The predicted molar refractivity (Wildman–Crippen MR) is 100 cm³/mol. The lowest BCUT2D eigenvalue weighted by Crippen LogP contribution is -2.16. The van der Waals surface area contributed by atoms with Crippen LogP contribution in [0.25, 0.3) is 12.2 Å². The maximum absolute atomic E-state index is 9.54. The van der Waals surface area contributed by atoms with Gasteiger partial charge in [0, 0.05) is 0 Å². The van der Waals surface area contributed by atoms with E-state index in [9.17, 15) is 5.11 Å². The minimum atomic E-state index is -1.90. The Labute approximate surface area is 168 Å². The summed E-state index contributed by atoms with van der Waals surface area (Å²) < 4.78 is -3.79. The summed E-state index contributed by atoms with van der Waals surface area (Å²) >= 11 is 34.8. The third-order valence-corrected chi connectivity index (χ3v) is 3.82. The Bertz CT molecular complexity index is 751. The lowest BCUT2D eigenvalue weighted by molar-refractivity contribution is 0.471. The van der Waals surface area contributed by atoms with Crippen LogP contribution in [-0.4, -0.2) is 20.1 Å². The predicted octanol–water partition coefficient (Wildman–Crippen LogP) is 5.71. The number of halogens is 6. The number of phenolic OH excluding ortho intramolecular Hbond substituents is 1. The molecule has 0 bridgehead atoms. The van der Waals surface area contributed by atoms with Crippen molar-refractivity contribution in [3.8, 4) is 5.75 Å². The van der Waals surface area contributed by atoms with E-state index in [0.717, 1.165) is 11.1 Å². The third-order valence-electron chi connectivity index (χ3n) is 2.81. The molecular formula is C14H9Cl6N3O. The molecule has 0 aliphatic carbocycles. The van der Waals surface area contributed by atoms with Gasteiger partial charge in [-0.3, -0.25) is 0 Å². The summed E-state index contributed by atoms with van der Waals surface area (Å²) in [6, 6.07) is 5.06. The molecule has 1 N–H and O–H groups in total. The number of hydrogen-bond donors (Lipinski definition) is 1. The number of phenols is 1. The molecule has 2 rings (SSSR count). The van der Waals surface area contributed by atoms with Gasteiger partial charge in [-0.05, 0) is 36.3 Å². The first-order valence-electron chi connectivity index (χ1n) is 6.35. The van der Waals surface area contributed by atoms with E-state index in [4.69, 9.17) is 69.6 Å². The number of rotatable bonds is 2. The average molecular weight is 448 g/mol. The fraction of sp³-hybridized carbons (Fsp3) is 0.214. The Morgan fingerprint density at radius 1 is 0.875 bits per heavy atom. The largest absolute Gasteiger partial charge is 0.508 e.